The van der Waals surface area contributed by atoms with E-state index in [1.165, 1.54) is 29.2 Å². The summed E-state index contributed by atoms with van der Waals surface area (Å²) in [5.41, 5.74) is 0.156. The molecular weight excluding hydrogens is 556 g/mol. The zero-order valence-electron chi connectivity index (χ0n) is 19.9. The van der Waals surface area contributed by atoms with Gasteiger partial charge in [0.25, 0.3) is 0 Å². The third-order valence-electron chi connectivity index (χ3n) is 4.89. The molecule has 1 atom stereocenters. The van der Waals surface area contributed by atoms with Crippen LogP contribution in [0, 0.1) is 0 Å². The molecule has 0 aliphatic carbocycles. The predicted molar refractivity (Wildman–Crippen MR) is 143 cm³/mol. The molecule has 0 heterocycles. The van der Waals surface area contributed by atoms with Crippen molar-refractivity contribution in [3.8, 4) is 0 Å². The molecule has 0 fully saturated rings. The number of amides is 2. The van der Waals surface area contributed by atoms with E-state index in [1.54, 1.807) is 19.1 Å². The lowest BCUT2D eigenvalue weighted by atomic mass is 10.1. The van der Waals surface area contributed by atoms with Crippen molar-refractivity contribution < 1.29 is 18.0 Å². The number of rotatable bonds is 8. The first-order chi connectivity index (χ1) is 16.0. The van der Waals surface area contributed by atoms with Crippen LogP contribution in [0.1, 0.15) is 33.3 Å². The summed E-state index contributed by atoms with van der Waals surface area (Å²) in [6.07, 6.45) is 0.971. The minimum absolute atomic E-state index is 0.0491. The minimum atomic E-state index is -3.90. The van der Waals surface area contributed by atoms with Gasteiger partial charge in [-0.1, -0.05) is 52.5 Å². The zero-order valence-corrected chi connectivity index (χ0v) is 23.7. The molecule has 0 bridgehead atoms. The number of carbonyl (C=O) groups is 2. The van der Waals surface area contributed by atoms with Crippen LogP contribution in [0.4, 0.5) is 5.69 Å². The Hall–Kier alpha value is -1.71. The summed E-state index contributed by atoms with van der Waals surface area (Å²) in [6, 6.07) is 8.08. The van der Waals surface area contributed by atoms with Crippen LogP contribution >= 0.6 is 46.4 Å². The molecule has 0 spiro atoms. The second-order valence-corrected chi connectivity index (χ2v) is 12.6. The van der Waals surface area contributed by atoms with Crippen LogP contribution < -0.4 is 9.62 Å². The molecule has 0 saturated carbocycles. The first-order valence-electron chi connectivity index (χ1n) is 10.5. The van der Waals surface area contributed by atoms with Crippen LogP contribution in [-0.2, 0) is 26.2 Å². The maximum Gasteiger partial charge on any atom is 0.244 e. The van der Waals surface area contributed by atoms with E-state index >= 15 is 0 Å². The van der Waals surface area contributed by atoms with E-state index in [4.69, 9.17) is 46.4 Å². The molecule has 2 aromatic carbocycles. The normalized spacial score (nSPS) is 12.7. The number of carbonyl (C=O) groups excluding carboxylic acids is 2. The Labute approximate surface area is 226 Å². The molecule has 0 aliphatic rings. The summed E-state index contributed by atoms with van der Waals surface area (Å²) in [6.45, 7) is 6.38. The third-order valence-corrected chi connectivity index (χ3v) is 7.36. The number of anilines is 1. The van der Waals surface area contributed by atoms with Crippen LogP contribution in [0.15, 0.2) is 36.4 Å². The van der Waals surface area contributed by atoms with Gasteiger partial charge >= 0.3 is 0 Å². The minimum Gasteiger partial charge on any atom is -0.350 e. The molecule has 2 amide bonds. The Kier molecular flexibility index (Phi) is 9.75. The lowest BCUT2D eigenvalue weighted by Gasteiger charge is -2.33. The van der Waals surface area contributed by atoms with E-state index in [2.05, 4.69) is 5.32 Å². The molecular formula is C23H27Cl4N3O4S. The highest BCUT2D eigenvalue weighted by atomic mass is 35.5. The van der Waals surface area contributed by atoms with Gasteiger partial charge < -0.3 is 10.2 Å². The van der Waals surface area contributed by atoms with E-state index in [0.29, 0.717) is 15.6 Å². The highest BCUT2D eigenvalue weighted by molar-refractivity contribution is 7.92. The first kappa shape index (κ1) is 29.5. The van der Waals surface area contributed by atoms with Gasteiger partial charge in [0.05, 0.1) is 22.0 Å². The molecule has 0 saturated heterocycles. The van der Waals surface area contributed by atoms with Gasteiger partial charge in [0.1, 0.15) is 12.6 Å². The highest BCUT2D eigenvalue weighted by Crippen LogP contribution is 2.29. The van der Waals surface area contributed by atoms with E-state index in [1.807, 2.05) is 20.8 Å². The predicted octanol–water partition coefficient (Wildman–Crippen LogP) is 5.40. The summed E-state index contributed by atoms with van der Waals surface area (Å²) in [4.78, 5) is 27.7. The maximum absolute atomic E-state index is 13.5. The van der Waals surface area contributed by atoms with Crippen molar-refractivity contribution in [1.82, 2.24) is 10.2 Å². The van der Waals surface area contributed by atoms with Gasteiger partial charge in [0.15, 0.2) is 0 Å². The smallest absolute Gasteiger partial charge is 0.244 e. The van der Waals surface area contributed by atoms with Crippen molar-refractivity contribution in [2.75, 3.05) is 17.1 Å². The van der Waals surface area contributed by atoms with Gasteiger partial charge in [0, 0.05) is 22.1 Å². The van der Waals surface area contributed by atoms with Gasteiger partial charge in [-0.05, 0) is 63.6 Å². The Bertz CT molecular complexity index is 1220. The van der Waals surface area contributed by atoms with Crippen molar-refractivity contribution in [2.45, 2.75) is 45.8 Å². The average molecular weight is 583 g/mol. The summed E-state index contributed by atoms with van der Waals surface area (Å²) in [5.74, 6) is -1.03. The Morgan fingerprint density at radius 2 is 1.60 bits per heavy atom. The second kappa shape index (κ2) is 11.6. The van der Waals surface area contributed by atoms with Crippen molar-refractivity contribution in [3.63, 3.8) is 0 Å². The van der Waals surface area contributed by atoms with Gasteiger partial charge in [-0.2, -0.15) is 0 Å². The number of sulfonamides is 1. The molecule has 1 N–H and O–H groups in total. The van der Waals surface area contributed by atoms with Crippen LogP contribution in [0.5, 0.6) is 0 Å². The number of nitrogens with zero attached hydrogens (tertiary/aromatic N) is 2. The molecule has 12 heteroatoms. The second-order valence-electron chi connectivity index (χ2n) is 9.04. The maximum atomic E-state index is 13.5. The molecule has 2 rings (SSSR count). The molecule has 2 aromatic rings. The van der Waals surface area contributed by atoms with Crippen molar-refractivity contribution >= 4 is 73.9 Å². The molecule has 0 aliphatic heterocycles. The molecule has 7 nitrogen and oxygen atoms in total. The van der Waals surface area contributed by atoms with Crippen molar-refractivity contribution in [1.29, 1.82) is 0 Å². The monoisotopic (exact) mass is 581 g/mol. The Morgan fingerprint density at radius 3 is 2.11 bits per heavy atom. The summed E-state index contributed by atoms with van der Waals surface area (Å²) < 4.78 is 26.1. The standard InChI is InChI=1S/C23H27Cl4N3O4S/c1-14(22(32)28-23(2,3)4)29(12-15-6-7-16(24)10-19(15)26)21(31)13-30(35(5,33)34)17-8-9-18(25)20(27)11-17/h6-11,14H,12-13H2,1-5H3,(H,28,32)/t14-/m1/s1. The largest absolute Gasteiger partial charge is 0.350 e. The van der Waals surface area contributed by atoms with E-state index in [9.17, 15) is 18.0 Å². The Morgan fingerprint density at radius 1 is 0.971 bits per heavy atom. The topological polar surface area (TPSA) is 86.8 Å². The van der Waals surface area contributed by atoms with Crippen LogP contribution in [0.25, 0.3) is 0 Å². The fourth-order valence-corrected chi connectivity index (χ4v) is 4.75. The SMILES string of the molecule is C[C@H](C(=O)NC(C)(C)C)N(Cc1ccc(Cl)cc1Cl)C(=O)CN(c1ccc(Cl)c(Cl)c1)S(C)(=O)=O. The highest BCUT2D eigenvalue weighted by Gasteiger charge is 2.32. The van der Waals surface area contributed by atoms with E-state index in [-0.39, 0.29) is 22.3 Å². The number of hydrogen-bond acceptors (Lipinski definition) is 4. The number of hydrogen-bond donors (Lipinski definition) is 1. The number of halogens is 4. The lowest BCUT2D eigenvalue weighted by molar-refractivity contribution is -0.140. The first-order valence-corrected chi connectivity index (χ1v) is 13.8. The fraction of sp³-hybridized carbons (Fsp3) is 0.391. The van der Waals surface area contributed by atoms with Gasteiger partial charge in [-0.3, -0.25) is 13.9 Å². The van der Waals surface area contributed by atoms with Gasteiger partial charge in [-0.15, -0.1) is 0 Å². The van der Waals surface area contributed by atoms with Crippen LogP contribution in [-0.4, -0.2) is 49.5 Å². The fourth-order valence-electron chi connectivity index (χ4n) is 3.14. The third kappa shape index (κ3) is 8.43. The molecule has 0 unspecified atom stereocenters. The quantitative estimate of drug-likeness (QED) is 0.451. The van der Waals surface area contributed by atoms with Crippen molar-refractivity contribution in [2.24, 2.45) is 0 Å². The van der Waals surface area contributed by atoms with Crippen molar-refractivity contribution in [3.05, 3.63) is 62.1 Å². The number of benzene rings is 2. The van der Waals surface area contributed by atoms with E-state index < -0.39 is 40.0 Å². The number of nitrogens with one attached hydrogen (secondary N) is 1. The molecule has 192 valence electrons. The van der Waals surface area contributed by atoms with Gasteiger partial charge in [-0.25, -0.2) is 8.42 Å². The Balaban J connectivity index is 2.46. The lowest BCUT2D eigenvalue weighted by Crippen LogP contribution is -2.54. The van der Waals surface area contributed by atoms with Crippen LogP contribution in [0.2, 0.25) is 20.1 Å². The molecule has 35 heavy (non-hydrogen) atoms. The average Bonchev–Trinajstić information content (AvgIpc) is 2.71. The molecule has 0 radical (unpaired) electrons. The van der Waals surface area contributed by atoms with Gasteiger partial charge in [0.2, 0.25) is 21.8 Å². The molecule has 0 aromatic heterocycles. The zero-order chi connectivity index (χ0) is 26.7. The van der Waals surface area contributed by atoms with E-state index in [0.717, 1.165) is 10.6 Å². The summed E-state index contributed by atoms with van der Waals surface area (Å²) in [7, 11) is -3.90. The summed E-state index contributed by atoms with van der Waals surface area (Å²) in [5, 5.41) is 3.94. The summed E-state index contributed by atoms with van der Waals surface area (Å²) >= 11 is 24.3. The van der Waals surface area contributed by atoms with Crippen LogP contribution in [0.3, 0.4) is 0 Å².